The quantitative estimate of drug-likeness (QED) is 0.644. The van der Waals surface area contributed by atoms with E-state index >= 15 is 0 Å². The van der Waals surface area contributed by atoms with E-state index in [0.717, 1.165) is 0 Å². The molecule has 0 amide bonds. The van der Waals surface area contributed by atoms with Crippen molar-refractivity contribution < 1.29 is 21.2 Å². The minimum absolute atomic E-state index is 0. The summed E-state index contributed by atoms with van der Waals surface area (Å²) in [5, 5.41) is 0. The van der Waals surface area contributed by atoms with Gasteiger partial charge in [0.1, 0.15) is 0 Å². The van der Waals surface area contributed by atoms with Crippen LogP contribution in [0.5, 0.6) is 0 Å². The van der Waals surface area contributed by atoms with Gasteiger partial charge >= 0.3 is 21.2 Å². The molecule has 0 aliphatic heterocycles. The minimum atomic E-state index is -0.0703. The van der Waals surface area contributed by atoms with Crippen LogP contribution < -0.4 is 21.2 Å². The van der Waals surface area contributed by atoms with E-state index in [1.807, 2.05) is 0 Å². The van der Waals surface area contributed by atoms with Gasteiger partial charge in [0.05, 0.1) is 0 Å². The van der Waals surface area contributed by atoms with Crippen molar-refractivity contribution in [1.29, 1.82) is 0 Å². The molecule has 0 N–H and O–H groups in total. The Labute approximate surface area is 152 Å². The fraction of sp³-hybridized carbons (Fsp3) is 0.400. The highest BCUT2D eigenvalue weighted by molar-refractivity contribution is 5.85. The first-order valence-electron chi connectivity index (χ1n) is 7.52. The molecule has 0 aromatic heterocycles. The van der Waals surface area contributed by atoms with Gasteiger partial charge in [-0.3, -0.25) is 0 Å². The fourth-order valence-electron chi connectivity index (χ4n) is 2.15. The van der Waals surface area contributed by atoms with Gasteiger partial charge in [-0.2, -0.15) is 0 Å². The topological polar surface area (TPSA) is 0 Å². The molecule has 120 valence electrons. The van der Waals surface area contributed by atoms with Crippen molar-refractivity contribution in [3.05, 3.63) is 66.8 Å². The van der Waals surface area contributed by atoms with Crippen molar-refractivity contribution in [2.24, 2.45) is 0 Å². The van der Waals surface area contributed by atoms with Crippen LogP contribution in [0.25, 0.3) is 0 Å². The number of benzene rings is 2. The van der Waals surface area contributed by atoms with Gasteiger partial charge in [-0.1, -0.05) is 65.8 Å². The Morgan fingerprint density at radius 1 is 0.545 bits per heavy atom. The summed E-state index contributed by atoms with van der Waals surface area (Å²) in [4.78, 5) is 0. The Kier molecular flexibility index (Phi) is 6.52. The van der Waals surface area contributed by atoms with Crippen molar-refractivity contribution in [3.63, 3.8) is 0 Å². The molecule has 0 heterocycles. The van der Waals surface area contributed by atoms with Crippen LogP contribution in [0.4, 0.5) is 0 Å². The molecule has 0 saturated carbocycles. The van der Waals surface area contributed by atoms with E-state index in [0.29, 0.717) is 0 Å². The molecule has 0 atom stereocenters. The van der Waals surface area contributed by atoms with Crippen LogP contribution >= 0.6 is 12.4 Å². The third kappa shape index (κ3) is 5.27. The number of hydrogen-bond acceptors (Lipinski definition) is 0. The molecular formula is C20H27ClI+. The second-order valence-electron chi connectivity index (χ2n) is 7.61. The average molecular weight is 430 g/mol. The summed E-state index contributed by atoms with van der Waals surface area (Å²) in [6.45, 7) is 13.6. The van der Waals surface area contributed by atoms with Crippen molar-refractivity contribution >= 4 is 12.4 Å². The second kappa shape index (κ2) is 7.35. The first-order chi connectivity index (χ1) is 9.66. The number of halogens is 2. The summed E-state index contributed by atoms with van der Waals surface area (Å²) in [6, 6.07) is 18.4. The van der Waals surface area contributed by atoms with E-state index in [9.17, 15) is 0 Å². The van der Waals surface area contributed by atoms with Crippen LogP contribution in [0.1, 0.15) is 52.7 Å². The Bertz CT molecular complexity index is 528. The van der Waals surface area contributed by atoms with Crippen LogP contribution in [0, 0.1) is 7.14 Å². The lowest BCUT2D eigenvalue weighted by molar-refractivity contribution is -0.597. The highest BCUT2D eigenvalue weighted by atomic mass is 127. The summed E-state index contributed by atoms with van der Waals surface area (Å²) < 4.78 is 2.98. The van der Waals surface area contributed by atoms with E-state index in [1.165, 1.54) is 18.3 Å². The molecule has 0 radical (unpaired) electrons. The molecule has 0 nitrogen and oxygen atoms in total. The first-order valence-corrected chi connectivity index (χ1v) is 9.68. The fourth-order valence-corrected chi connectivity index (χ4v) is 4.31. The Morgan fingerprint density at radius 2 is 0.818 bits per heavy atom. The summed E-state index contributed by atoms with van der Waals surface area (Å²) in [7, 11) is 0. The predicted molar refractivity (Wildman–Crippen MR) is 94.9 cm³/mol. The third-order valence-electron chi connectivity index (χ3n) is 3.64. The van der Waals surface area contributed by atoms with E-state index in [4.69, 9.17) is 0 Å². The highest BCUT2D eigenvalue weighted by Gasteiger charge is 2.20. The molecule has 2 heteroatoms. The smallest absolute Gasteiger partial charge is 0.147 e. The van der Waals surface area contributed by atoms with Gasteiger partial charge < -0.3 is 0 Å². The van der Waals surface area contributed by atoms with Gasteiger partial charge in [0.2, 0.25) is 0 Å². The van der Waals surface area contributed by atoms with Crippen LogP contribution in [0.15, 0.2) is 48.5 Å². The molecular weight excluding hydrogens is 403 g/mol. The van der Waals surface area contributed by atoms with Crippen molar-refractivity contribution in [3.8, 4) is 0 Å². The maximum atomic E-state index is 2.31. The standard InChI is InChI=1S/C20H26I.ClH/c1-19(2,3)15-7-11-17(12-8-15)21-18-13-9-16(10-14-18)20(4,5)6;/h7-14H,1-6H3;1H/q+1;. The van der Waals surface area contributed by atoms with Crippen LogP contribution in [0.3, 0.4) is 0 Å². The monoisotopic (exact) mass is 429 g/mol. The normalized spacial score (nSPS) is 11.9. The van der Waals surface area contributed by atoms with E-state index < -0.39 is 0 Å². The van der Waals surface area contributed by atoms with Gasteiger partial charge in [0, 0.05) is 0 Å². The Morgan fingerprint density at radius 3 is 1.05 bits per heavy atom. The predicted octanol–water partition coefficient (Wildman–Crippen LogP) is 2.83. The minimum Gasteiger partial charge on any atom is -0.147 e. The van der Waals surface area contributed by atoms with Crippen LogP contribution in [0.2, 0.25) is 0 Å². The van der Waals surface area contributed by atoms with E-state index in [1.54, 1.807) is 0 Å². The van der Waals surface area contributed by atoms with Gasteiger partial charge in [0.15, 0.2) is 7.14 Å². The number of rotatable bonds is 2. The molecule has 2 aromatic carbocycles. The summed E-state index contributed by atoms with van der Waals surface area (Å²) >= 11 is -0.0703. The maximum absolute atomic E-state index is 2.31. The average Bonchev–Trinajstić information content (AvgIpc) is 2.38. The van der Waals surface area contributed by atoms with Crippen molar-refractivity contribution in [2.75, 3.05) is 0 Å². The van der Waals surface area contributed by atoms with Gasteiger partial charge in [-0.05, 0) is 46.2 Å². The molecule has 0 bridgehead atoms. The Hall–Kier alpha value is -0.540. The van der Waals surface area contributed by atoms with Crippen LogP contribution in [-0.4, -0.2) is 0 Å². The van der Waals surface area contributed by atoms with E-state index in [-0.39, 0.29) is 44.4 Å². The summed E-state index contributed by atoms with van der Waals surface area (Å²) in [5.41, 5.74) is 3.31. The molecule has 0 spiro atoms. The second-order valence-corrected chi connectivity index (χ2v) is 10.6. The number of hydrogen-bond donors (Lipinski definition) is 0. The molecule has 0 aliphatic rings. The lowest BCUT2D eigenvalue weighted by atomic mass is 9.87. The lowest BCUT2D eigenvalue weighted by Crippen LogP contribution is -3.61. The molecule has 0 aliphatic carbocycles. The van der Waals surface area contributed by atoms with Crippen LogP contribution in [-0.2, 0) is 10.8 Å². The van der Waals surface area contributed by atoms with Crippen molar-refractivity contribution in [2.45, 2.75) is 52.4 Å². The highest BCUT2D eigenvalue weighted by Crippen LogP contribution is 2.21. The first kappa shape index (κ1) is 19.5. The Balaban J connectivity index is 0.00000242. The van der Waals surface area contributed by atoms with Gasteiger partial charge in [-0.15, -0.1) is 12.4 Å². The zero-order valence-corrected chi connectivity index (χ0v) is 17.4. The molecule has 0 saturated heterocycles. The molecule has 2 rings (SSSR count). The van der Waals surface area contributed by atoms with Crippen molar-refractivity contribution in [1.82, 2.24) is 0 Å². The summed E-state index contributed by atoms with van der Waals surface area (Å²) in [5.74, 6) is 0. The van der Waals surface area contributed by atoms with Gasteiger partial charge in [0.25, 0.3) is 0 Å². The zero-order chi connectivity index (χ0) is 15.7. The summed E-state index contributed by atoms with van der Waals surface area (Å²) in [6.07, 6.45) is 0. The largest absolute Gasteiger partial charge is 0.357 e. The SMILES string of the molecule is CC(C)(C)c1ccc([I+]c2ccc(C(C)(C)C)cc2)cc1.Cl. The lowest BCUT2D eigenvalue weighted by Gasteiger charge is -2.18. The molecule has 0 unspecified atom stereocenters. The van der Waals surface area contributed by atoms with Gasteiger partial charge in [-0.25, -0.2) is 0 Å². The molecule has 22 heavy (non-hydrogen) atoms. The maximum Gasteiger partial charge on any atom is 0.357 e. The molecule has 0 fully saturated rings. The zero-order valence-electron chi connectivity index (χ0n) is 14.4. The van der Waals surface area contributed by atoms with E-state index in [2.05, 4.69) is 90.1 Å². The third-order valence-corrected chi connectivity index (χ3v) is 6.32. The molecule has 2 aromatic rings.